The Morgan fingerprint density at radius 1 is 1.10 bits per heavy atom. The van der Waals surface area contributed by atoms with E-state index in [1.54, 1.807) is 12.1 Å². The van der Waals surface area contributed by atoms with Gasteiger partial charge in [0.05, 0.1) is 12.7 Å². The lowest BCUT2D eigenvalue weighted by molar-refractivity contribution is 0.0410. The van der Waals surface area contributed by atoms with Crippen LogP contribution in [0.25, 0.3) is 0 Å². The third-order valence-corrected chi connectivity index (χ3v) is 3.25. The second-order valence-corrected chi connectivity index (χ2v) is 4.97. The van der Waals surface area contributed by atoms with Crippen LogP contribution in [0.3, 0.4) is 0 Å². The van der Waals surface area contributed by atoms with Gasteiger partial charge in [-0.1, -0.05) is 35.9 Å². The maximum atomic E-state index is 13.0. The van der Waals surface area contributed by atoms with Crippen molar-refractivity contribution in [2.24, 2.45) is 0 Å². The van der Waals surface area contributed by atoms with Crippen LogP contribution in [-0.2, 0) is 11.3 Å². The van der Waals surface area contributed by atoms with Gasteiger partial charge in [0.2, 0.25) is 0 Å². The largest absolute Gasteiger partial charge is 0.368 e. The molecule has 0 spiro atoms. The molecule has 106 valence electrons. The van der Waals surface area contributed by atoms with Crippen LogP contribution in [0.1, 0.15) is 17.2 Å². The fourth-order valence-corrected chi connectivity index (χ4v) is 2.04. The molecule has 20 heavy (non-hydrogen) atoms. The maximum Gasteiger partial charge on any atom is 0.123 e. The summed E-state index contributed by atoms with van der Waals surface area (Å²) in [7, 11) is 1.86. The van der Waals surface area contributed by atoms with E-state index >= 15 is 0 Å². The van der Waals surface area contributed by atoms with Crippen LogP contribution < -0.4 is 5.32 Å². The zero-order valence-electron chi connectivity index (χ0n) is 11.3. The lowest BCUT2D eigenvalue weighted by Crippen LogP contribution is -2.19. The second-order valence-electron chi connectivity index (χ2n) is 4.54. The highest BCUT2D eigenvalue weighted by Crippen LogP contribution is 2.19. The van der Waals surface area contributed by atoms with Crippen LogP contribution in [0.2, 0.25) is 5.02 Å². The van der Waals surface area contributed by atoms with E-state index in [9.17, 15) is 4.39 Å². The predicted molar refractivity (Wildman–Crippen MR) is 79.3 cm³/mol. The zero-order valence-corrected chi connectivity index (χ0v) is 12.0. The van der Waals surface area contributed by atoms with Gasteiger partial charge in [-0.05, 0) is 42.4 Å². The van der Waals surface area contributed by atoms with Gasteiger partial charge in [0, 0.05) is 11.6 Å². The molecule has 1 unspecified atom stereocenters. The summed E-state index contributed by atoms with van der Waals surface area (Å²) in [4.78, 5) is 0. The van der Waals surface area contributed by atoms with Crippen molar-refractivity contribution in [1.29, 1.82) is 0 Å². The minimum absolute atomic E-state index is 0.115. The summed E-state index contributed by atoms with van der Waals surface area (Å²) >= 11 is 5.85. The van der Waals surface area contributed by atoms with Crippen LogP contribution >= 0.6 is 11.6 Å². The molecule has 0 saturated heterocycles. The Balaban J connectivity index is 2.02. The van der Waals surface area contributed by atoms with Gasteiger partial charge in [-0.15, -0.1) is 0 Å². The summed E-state index contributed by atoms with van der Waals surface area (Å²) in [5.74, 6) is -0.241. The van der Waals surface area contributed by atoms with E-state index in [-0.39, 0.29) is 11.9 Å². The monoisotopic (exact) mass is 293 g/mol. The van der Waals surface area contributed by atoms with Crippen molar-refractivity contribution in [3.05, 3.63) is 70.5 Å². The first-order valence-electron chi connectivity index (χ1n) is 6.45. The van der Waals surface area contributed by atoms with Crippen molar-refractivity contribution in [3.8, 4) is 0 Å². The molecule has 0 bridgehead atoms. The highest BCUT2D eigenvalue weighted by atomic mass is 35.5. The van der Waals surface area contributed by atoms with Crippen molar-refractivity contribution in [2.45, 2.75) is 12.7 Å². The van der Waals surface area contributed by atoms with E-state index in [0.717, 1.165) is 11.1 Å². The SMILES string of the molecule is CNCC(OCc1ccc(Cl)cc1)c1ccc(F)cc1. The van der Waals surface area contributed by atoms with E-state index in [1.807, 2.05) is 31.3 Å². The van der Waals surface area contributed by atoms with Gasteiger partial charge in [0.25, 0.3) is 0 Å². The van der Waals surface area contributed by atoms with E-state index in [1.165, 1.54) is 12.1 Å². The lowest BCUT2D eigenvalue weighted by atomic mass is 10.1. The molecule has 2 nitrogen and oxygen atoms in total. The van der Waals surface area contributed by atoms with E-state index in [4.69, 9.17) is 16.3 Å². The Labute approximate surface area is 123 Å². The van der Waals surface area contributed by atoms with Gasteiger partial charge >= 0.3 is 0 Å². The summed E-state index contributed by atoms with van der Waals surface area (Å²) < 4.78 is 18.9. The number of nitrogens with one attached hydrogen (secondary N) is 1. The average molecular weight is 294 g/mol. The minimum atomic E-state index is -0.241. The molecule has 0 heterocycles. The van der Waals surface area contributed by atoms with Crippen molar-refractivity contribution in [1.82, 2.24) is 5.32 Å². The Morgan fingerprint density at radius 2 is 1.75 bits per heavy atom. The van der Waals surface area contributed by atoms with Crippen molar-refractivity contribution < 1.29 is 9.13 Å². The molecule has 0 fully saturated rings. The Bertz CT molecular complexity index is 527. The highest BCUT2D eigenvalue weighted by Gasteiger charge is 2.11. The Kier molecular flexibility index (Phi) is 5.53. The Hall–Kier alpha value is -1.42. The molecule has 0 aromatic heterocycles. The third-order valence-electron chi connectivity index (χ3n) is 3.00. The van der Waals surface area contributed by atoms with E-state index in [0.29, 0.717) is 18.2 Å². The molecular weight excluding hydrogens is 277 g/mol. The highest BCUT2D eigenvalue weighted by molar-refractivity contribution is 6.30. The molecule has 1 atom stereocenters. The minimum Gasteiger partial charge on any atom is -0.368 e. The van der Waals surface area contributed by atoms with Gasteiger partial charge in [0.1, 0.15) is 5.82 Å². The van der Waals surface area contributed by atoms with Crippen molar-refractivity contribution >= 4 is 11.6 Å². The topological polar surface area (TPSA) is 21.3 Å². The zero-order chi connectivity index (χ0) is 14.4. The maximum absolute atomic E-state index is 13.0. The molecule has 0 aliphatic heterocycles. The summed E-state index contributed by atoms with van der Waals surface area (Å²) in [6.45, 7) is 1.15. The number of hydrogen-bond acceptors (Lipinski definition) is 2. The number of likely N-dealkylation sites (N-methyl/N-ethyl adjacent to an activating group) is 1. The average Bonchev–Trinajstić information content (AvgIpc) is 2.46. The first-order valence-corrected chi connectivity index (χ1v) is 6.83. The van der Waals surface area contributed by atoms with Crippen LogP contribution in [-0.4, -0.2) is 13.6 Å². The summed E-state index contributed by atoms with van der Waals surface area (Å²) in [5, 5.41) is 3.79. The molecule has 0 amide bonds. The number of ether oxygens (including phenoxy) is 1. The van der Waals surface area contributed by atoms with Crippen molar-refractivity contribution in [2.75, 3.05) is 13.6 Å². The summed E-state index contributed by atoms with van der Waals surface area (Å²) in [6, 6.07) is 13.9. The molecule has 0 aliphatic rings. The molecule has 0 radical (unpaired) electrons. The molecule has 2 aromatic carbocycles. The molecule has 2 rings (SSSR count). The van der Waals surface area contributed by atoms with Crippen molar-refractivity contribution in [3.63, 3.8) is 0 Å². The standard InChI is InChI=1S/C16H17ClFNO/c1-19-10-16(13-4-8-15(18)9-5-13)20-11-12-2-6-14(17)7-3-12/h2-9,16,19H,10-11H2,1H3. The molecule has 2 aromatic rings. The quantitative estimate of drug-likeness (QED) is 0.870. The normalized spacial score (nSPS) is 12.3. The van der Waals surface area contributed by atoms with Crippen LogP contribution in [0.5, 0.6) is 0 Å². The number of rotatable bonds is 6. The van der Waals surface area contributed by atoms with E-state index < -0.39 is 0 Å². The number of hydrogen-bond donors (Lipinski definition) is 1. The first-order chi connectivity index (χ1) is 9.69. The second kappa shape index (κ2) is 7.39. The molecule has 0 saturated carbocycles. The first kappa shape index (κ1) is 15.0. The molecule has 1 N–H and O–H groups in total. The summed E-state index contributed by atoms with van der Waals surface area (Å²) in [6.07, 6.45) is -0.115. The number of benzene rings is 2. The van der Waals surface area contributed by atoms with Gasteiger partial charge in [-0.2, -0.15) is 0 Å². The smallest absolute Gasteiger partial charge is 0.123 e. The van der Waals surface area contributed by atoms with Gasteiger partial charge < -0.3 is 10.1 Å². The molecule has 0 aliphatic carbocycles. The lowest BCUT2D eigenvalue weighted by Gasteiger charge is -2.18. The van der Waals surface area contributed by atoms with Crippen LogP contribution in [0.4, 0.5) is 4.39 Å². The molecular formula is C16H17ClFNO. The van der Waals surface area contributed by atoms with Gasteiger partial charge in [-0.3, -0.25) is 0 Å². The predicted octanol–water partition coefficient (Wildman–Crippen LogP) is 3.96. The van der Waals surface area contributed by atoms with Gasteiger partial charge in [0.15, 0.2) is 0 Å². The van der Waals surface area contributed by atoms with Crippen LogP contribution in [0, 0.1) is 5.82 Å². The summed E-state index contributed by atoms with van der Waals surface area (Å²) in [5.41, 5.74) is 2.01. The number of halogens is 2. The van der Waals surface area contributed by atoms with E-state index in [2.05, 4.69) is 5.32 Å². The Morgan fingerprint density at radius 3 is 2.35 bits per heavy atom. The third kappa shape index (κ3) is 4.30. The van der Waals surface area contributed by atoms with Crippen LogP contribution in [0.15, 0.2) is 48.5 Å². The fraction of sp³-hybridized carbons (Fsp3) is 0.250. The van der Waals surface area contributed by atoms with Gasteiger partial charge in [-0.25, -0.2) is 4.39 Å². The fourth-order valence-electron chi connectivity index (χ4n) is 1.91. The molecule has 4 heteroatoms.